The smallest absolute Gasteiger partial charge is 0.252 e. The van der Waals surface area contributed by atoms with Crippen molar-refractivity contribution < 1.29 is 9.90 Å². The molecule has 1 rings (SSSR count). The zero-order chi connectivity index (χ0) is 9.52. The fourth-order valence-electron chi connectivity index (χ4n) is 1.53. The maximum Gasteiger partial charge on any atom is 0.252 e. The molecule has 1 saturated heterocycles. The summed E-state index contributed by atoms with van der Waals surface area (Å²) in [6.07, 6.45) is -0.820. The van der Waals surface area contributed by atoms with E-state index in [9.17, 15) is 9.90 Å². The fraction of sp³-hybridized carbons (Fsp3) is 0.889. The fourth-order valence-corrected chi connectivity index (χ4v) is 1.53. The van der Waals surface area contributed by atoms with E-state index < -0.39 is 6.10 Å². The first kappa shape index (κ1) is 9.52. The standard InChI is InChI=1S/C9H17NO2/c1-6(2)10-5-9(3,4)7(11)8(10)12/h6-7,11H,5H2,1-4H3/t7-/m0/s1. The topological polar surface area (TPSA) is 40.5 Å². The molecule has 0 unspecified atom stereocenters. The lowest BCUT2D eigenvalue weighted by molar-refractivity contribution is -0.137. The van der Waals surface area contributed by atoms with Crippen LogP contribution in [0, 0.1) is 5.41 Å². The van der Waals surface area contributed by atoms with Gasteiger partial charge in [-0.05, 0) is 13.8 Å². The molecular weight excluding hydrogens is 154 g/mol. The Balaban J connectivity index is 2.81. The van der Waals surface area contributed by atoms with Gasteiger partial charge in [0.15, 0.2) is 0 Å². The van der Waals surface area contributed by atoms with Gasteiger partial charge >= 0.3 is 0 Å². The Morgan fingerprint density at radius 2 is 2.08 bits per heavy atom. The molecule has 1 heterocycles. The van der Waals surface area contributed by atoms with Crippen molar-refractivity contribution in [1.82, 2.24) is 4.90 Å². The molecular formula is C9H17NO2. The molecule has 3 nitrogen and oxygen atoms in total. The van der Waals surface area contributed by atoms with E-state index in [-0.39, 0.29) is 17.4 Å². The summed E-state index contributed by atoms with van der Waals surface area (Å²) in [5.41, 5.74) is -0.290. The van der Waals surface area contributed by atoms with Crippen molar-refractivity contribution in [1.29, 1.82) is 0 Å². The van der Waals surface area contributed by atoms with Crippen molar-refractivity contribution in [2.45, 2.75) is 39.8 Å². The molecule has 1 amide bonds. The second kappa shape index (κ2) is 2.73. The van der Waals surface area contributed by atoms with Gasteiger partial charge in [-0.25, -0.2) is 0 Å². The maximum absolute atomic E-state index is 11.4. The highest BCUT2D eigenvalue weighted by Gasteiger charge is 2.45. The predicted molar refractivity (Wildman–Crippen MR) is 46.6 cm³/mol. The average Bonchev–Trinajstić information content (AvgIpc) is 2.14. The van der Waals surface area contributed by atoms with E-state index in [0.717, 1.165) is 0 Å². The number of aliphatic hydroxyl groups excluding tert-OH is 1. The number of carbonyl (C=O) groups excluding carboxylic acids is 1. The Labute approximate surface area is 73.4 Å². The van der Waals surface area contributed by atoms with Crippen molar-refractivity contribution in [3.63, 3.8) is 0 Å². The summed E-state index contributed by atoms with van der Waals surface area (Å²) in [5, 5.41) is 9.55. The third-order valence-corrected chi connectivity index (χ3v) is 2.46. The molecule has 70 valence electrons. The van der Waals surface area contributed by atoms with Crippen LogP contribution in [-0.4, -0.2) is 34.6 Å². The maximum atomic E-state index is 11.4. The van der Waals surface area contributed by atoms with Crippen molar-refractivity contribution >= 4 is 5.91 Å². The minimum absolute atomic E-state index is 0.130. The zero-order valence-electron chi connectivity index (χ0n) is 8.16. The van der Waals surface area contributed by atoms with E-state index >= 15 is 0 Å². The van der Waals surface area contributed by atoms with Crippen LogP contribution < -0.4 is 0 Å². The number of rotatable bonds is 1. The number of aliphatic hydroxyl groups is 1. The van der Waals surface area contributed by atoms with Gasteiger partial charge < -0.3 is 10.0 Å². The average molecular weight is 171 g/mol. The Morgan fingerprint density at radius 3 is 2.25 bits per heavy atom. The summed E-state index contributed by atoms with van der Waals surface area (Å²) < 4.78 is 0. The van der Waals surface area contributed by atoms with Gasteiger partial charge in [-0.3, -0.25) is 4.79 Å². The van der Waals surface area contributed by atoms with Crippen LogP contribution in [0.25, 0.3) is 0 Å². The lowest BCUT2D eigenvalue weighted by Crippen LogP contribution is -2.34. The molecule has 0 spiro atoms. The van der Waals surface area contributed by atoms with Crippen LogP contribution in [0.4, 0.5) is 0 Å². The van der Waals surface area contributed by atoms with Crippen molar-refractivity contribution in [2.24, 2.45) is 5.41 Å². The molecule has 0 saturated carbocycles. The molecule has 1 fully saturated rings. The molecule has 0 aromatic rings. The van der Waals surface area contributed by atoms with Crippen LogP contribution in [0.5, 0.6) is 0 Å². The molecule has 1 N–H and O–H groups in total. The first-order chi connectivity index (χ1) is 5.36. The van der Waals surface area contributed by atoms with Gasteiger partial charge in [-0.1, -0.05) is 13.8 Å². The normalized spacial score (nSPS) is 28.7. The lowest BCUT2D eigenvalue weighted by atomic mass is 9.90. The Bertz CT molecular complexity index is 199. The van der Waals surface area contributed by atoms with Gasteiger partial charge in [0.2, 0.25) is 0 Å². The first-order valence-electron chi connectivity index (χ1n) is 4.35. The molecule has 0 radical (unpaired) electrons. The summed E-state index contributed by atoms with van der Waals surface area (Å²) in [6, 6.07) is 0.189. The summed E-state index contributed by atoms with van der Waals surface area (Å²) in [4.78, 5) is 13.2. The van der Waals surface area contributed by atoms with Crippen molar-refractivity contribution in [2.75, 3.05) is 6.54 Å². The minimum Gasteiger partial charge on any atom is -0.383 e. The van der Waals surface area contributed by atoms with Crippen LogP contribution in [-0.2, 0) is 4.79 Å². The largest absolute Gasteiger partial charge is 0.383 e. The summed E-state index contributed by atoms with van der Waals surface area (Å²) in [6.45, 7) is 8.42. The van der Waals surface area contributed by atoms with Gasteiger partial charge in [0, 0.05) is 18.0 Å². The summed E-state index contributed by atoms with van der Waals surface area (Å²) >= 11 is 0. The third-order valence-electron chi connectivity index (χ3n) is 2.46. The van der Waals surface area contributed by atoms with Crippen molar-refractivity contribution in [3.8, 4) is 0 Å². The minimum atomic E-state index is -0.820. The van der Waals surface area contributed by atoms with E-state index in [1.54, 1.807) is 4.90 Å². The SMILES string of the molecule is CC(C)N1CC(C)(C)[C@@H](O)C1=O. The number of likely N-dealkylation sites (tertiary alicyclic amines) is 1. The third kappa shape index (κ3) is 1.33. The zero-order valence-corrected chi connectivity index (χ0v) is 8.16. The van der Waals surface area contributed by atoms with Gasteiger partial charge in [-0.2, -0.15) is 0 Å². The first-order valence-corrected chi connectivity index (χ1v) is 4.35. The molecule has 0 bridgehead atoms. The van der Waals surface area contributed by atoms with E-state index in [0.29, 0.717) is 6.54 Å². The summed E-state index contributed by atoms with van der Waals surface area (Å²) in [5.74, 6) is -0.130. The molecule has 0 aromatic carbocycles. The van der Waals surface area contributed by atoms with Gasteiger partial charge in [0.1, 0.15) is 6.10 Å². The highest BCUT2D eigenvalue weighted by Crippen LogP contribution is 2.31. The number of amides is 1. The monoisotopic (exact) mass is 171 g/mol. The van der Waals surface area contributed by atoms with Crippen LogP contribution in [0.15, 0.2) is 0 Å². The lowest BCUT2D eigenvalue weighted by Gasteiger charge is -2.22. The molecule has 12 heavy (non-hydrogen) atoms. The molecule has 1 atom stereocenters. The van der Waals surface area contributed by atoms with Gasteiger partial charge in [-0.15, -0.1) is 0 Å². The van der Waals surface area contributed by atoms with E-state index in [1.165, 1.54) is 0 Å². The Hall–Kier alpha value is -0.570. The quantitative estimate of drug-likeness (QED) is 0.628. The van der Waals surface area contributed by atoms with Crippen LogP contribution >= 0.6 is 0 Å². The molecule has 0 aromatic heterocycles. The molecule has 3 heteroatoms. The number of carbonyl (C=O) groups is 1. The van der Waals surface area contributed by atoms with Gasteiger partial charge in [0.25, 0.3) is 5.91 Å². The summed E-state index contributed by atoms with van der Waals surface area (Å²) in [7, 11) is 0. The number of nitrogens with zero attached hydrogens (tertiary/aromatic N) is 1. The van der Waals surface area contributed by atoms with E-state index in [1.807, 2.05) is 27.7 Å². The van der Waals surface area contributed by atoms with Crippen molar-refractivity contribution in [3.05, 3.63) is 0 Å². The van der Waals surface area contributed by atoms with Crippen LogP contribution in [0.1, 0.15) is 27.7 Å². The molecule has 1 aliphatic rings. The number of hydrogen-bond acceptors (Lipinski definition) is 2. The highest BCUT2D eigenvalue weighted by atomic mass is 16.3. The second-order valence-corrected chi connectivity index (χ2v) is 4.45. The highest BCUT2D eigenvalue weighted by molar-refractivity contribution is 5.84. The number of hydrogen-bond donors (Lipinski definition) is 1. The van der Waals surface area contributed by atoms with E-state index in [2.05, 4.69) is 0 Å². The molecule has 0 aliphatic carbocycles. The predicted octanol–water partition coefficient (Wildman–Crippen LogP) is 0.624. The van der Waals surface area contributed by atoms with Crippen LogP contribution in [0.2, 0.25) is 0 Å². The second-order valence-electron chi connectivity index (χ2n) is 4.45. The Morgan fingerprint density at radius 1 is 1.58 bits per heavy atom. The van der Waals surface area contributed by atoms with E-state index in [4.69, 9.17) is 0 Å². The Kier molecular flexibility index (Phi) is 2.17. The molecule has 1 aliphatic heterocycles. The van der Waals surface area contributed by atoms with Crippen LogP contribution in [0.3, 0.4) is 0 Å². The van der Waals surface area contributed by atoms with Gasteiger partial charge in [0.05, 0.1) is 0 Å².